The second-order valence-electron chi connectivity index (χ2n) is 5.82. The lowest BCUT2D eigenvalue weighted by atomic mass is 9.80. The van der Waals surface area contributed by atoms with E-state index in [9.17, 15) is 14.7 Å². The lowest BCUT2D eigenvalue weighted by Gasteiger charge is -2.32. The molecule has 24 heavy (non-hydrogen) atoms. The van der Waals surface area contributed by atoms with Crippen LogP contribution >= 0.6 is 11.3 Å². The van der Waals surface area contributed by atoms with Crippen LogP contribution in [-0.4, -0.2) is 51.5 Å². The fraction of sp³-hybridized carbons (Fsp3) is 0.467. The summed E-state index contributed by atoms with van der Waals surface area (Å²) in [6.07, 6.45) is 4.28. The molecule has 2 N–H and O–H groups in total. The molecule has 0 aromatic carbocycles. The van der Waals surface area contributed by atoms with Gasteiger partial charge in [-0.2, -0.15) is 5.10 Å². The van der Waals surface area contributed by atoms with Crippen molar-refractivity contribution in [1.29, 1.82) is 0 Å². The number of carboxylic acid groups (broad SMARTS) is 1. The second-order valence-corrected chi connectivity index (χ2v) is 6.68. The van der Waals surface area contributed by atoms with Gasteiger partial charge in [0.15, 0.2) is 0 Å². The van der Waals surface area contributed by atoms with Crippen LogP contribution in [0, 0.1) is 5.41 Å². The monoisotopic (exact) mass is 350 g/mol. The lowest BCUT2D eigenvalue weighted by Crippen LogP contribution is -2.46. The zero-order valence-corrected chi connectivity index (χ0v) is 14.0. The van der Waals surface area contributed by atoms with Gasteiger partial charge in [0.05, 0.1) is 11.6 Å². The summed E-state index contributed by atoms with van der Waals surface area (Å²) in [5, 5.41) is 18.6. The van der Waals surface area contributed by atoms with Gasteiger partial charge in [-0.3, -0.25) is 14.3 Å². The number of carboxylic acids is 1. The molecule has 1 aliphatic rings. The molecular formula is C15H18N4O4S. The van der Waals surface area contributed by atoms with Crippen molar-refractivity contribution in [1.82, 2.24) is 20.1 Å². The van der Waals surface area contributed by atoms with Crippen LogP contribution in [0.5, 0.6) is 0 Å². The molecule has 0 saturated carbocycles. The van der Waals surface area contributed by atoms with Gasteiger partial charge in [-0.1, -0.05) is 0 Å². The number of aryl methyl sites for hydroxylation is 1. The van der Waals surface area contributed by atoms with Gasteiger partial charge in [0, 0.05) is 43.9 Å². The number of nitrogens with zero attached hydrogens (tertiary/aromatic N) is 3. The minimum Gasteiger partial charge on any atom is -0.481 e. The number of carbonyl (C=O) groups excluding carboxylic acids is 1. The summed E-state index contributed by atoms with van der Waals surface area (Å²) >= 11 is 1.35. The van der Waals surface area contributed by atoms with Crippen molar-refractivity contribution in [2.75, 3.05) is 19.8 Å². The van der Waals surface area contributed by atoms with Gasteiger partial charge < -0.3 is 15.2 Å². The molecule has 1 amide bonds. The SMILES string of the molecule is Cn1cc(-c2nc(C(=O)NCC3(C(=O)O)CCOCC3)cs2)cn1. The number of hydrogen-bond donors (Lipinski definition) is 2. The van der Waals surface area contributed by atoms with E-state index in [1.165, 1.54) is 11.3 Å². The molecule has 9 heteroatoms. The molecule has 8 nitrogen and oxygen atoms in total. The van der Waals surface area contributed by atoms with Crippen molar-refractivity contribution < 1.29 is 19.4 Å². The first-order chi connectivity index (χ1) is 11.5. The van der Waals surface area contributed by atoms with E-state index in [0.29, 0.717) is 31.1 Å². The number of amides is 1. The Kier molecular flexibility index (Phi) is 4.63. The average molecular weight is 350 g/mol. The van der Waals surface area contributed by atoms with Crippen molar-refractivity contribution in [3.05, 3.63) is 23.5 Å². The molecule has 0 radical (unpaired) electrons. The largest absolute Gasteiger partial charge is 0.481 e. The number of aliphatic carboxylic acids is 1. The van der Waals surface area contributed by atoms with E-state index in [2.05, 4.69) is 15.4 Å². The minimum absolute atomic E-state index is 0.0737. The van der Waals surface area contributed by atoms with Crippen LogP contribution < -0.4 is 5.32 Å². The Bertz CT molecular complexity index is 748. The van der Waals surface area contributed by atoms with E-state index in [-0.39, 0.29) is 18.1 Å². The molecule has 3 rings (SSSR count). The normalized spacial score (nSPS) is 16.7. The van der Waals surface area contributed by atoms with Crippen molar-refractivity contribution in [2.45, 2.75) is 12.8 Å². The van der Waals surface area contributed by atoms with Crippen molar-refractivity contribution in [2.24, 2.45) is 12.5 Å². The third kappa shape index (κ3) is 3.31. The Labute approximate surface area is 142 Å². The maximum Gasteiger partial charge on any atom is 0.311 e. The highest BCUT2D eigenvalue weighted by Gasteiger charge is 2.40. The Morgan fingerprint density at radius 2 is 2.21 bits per heavy atom. The highest BCUT2D eigenvalue weighted by atomic mass is 32.1. The number of nitrogens with one attached hydrogen (secondary N) is 1. The number of aromatic nitrogens is 3. The van der Waals surface area contributed by atoms with Gasteiger partial charge in [0.25, 0.3) is 5.91 Å². The standard InChI is InChI=1S/C15H18N4O4S/c1-19-7-10(6-17-19)13-18-11(8-24-13)12(20)16-9-15(14(21)22)2-4-23-5-3-15/h6-8H,2-5,9H2,1H3,(H,16,20)(H,21,22). The van der Waals surface area contributed by atoms with Gasteiger partial charge in [-0.05, 0) is 12.8 Å². The van der Waals surface area contributed by atoms with Gasteiger partial charge in [-0.25, -0.2) is 4.98 Å². The first-order valence-corrected chi connectivity index (χ1v) is 8.42. The summed E-state index contributed by atoms with van der Waals surface area (Å²) in [5.74, 6) is -1.27. The molecular weight excluding hydrogens is 332 g/mol. The maximum absolute atomic E-state index is 12.3. The molecule has 128 valence electrons. The lowest BCUT2D eigenvalue weighted by molar-refractivity contribution is -0.154. The van der Waals surface area contributed by atoms with E-state index in [0.717, 1.165) is 5.56 Å². The van der Waals surface area contributed by atoms with Gasteiger partial charge >= 0.3 is 5.97 Å². The third-order valence-corrected chi connectivity index (χ3v) is 5.07. The summed E-state index contributed by atoms with van der Waals surface area (Å²) in [4.78, 5) is 28.2. The molecule has 1 fully saturated rings. The van der Waals surface area contributed by atoms with Crippen LogP contribution in [0.1, 0.15) is 23.3 Å². The smallest absolute Gasteiger partial charge is 0.311 e. The van der Waals surface area contributed by atoms with Crippen molar-refractivity contribution >= 4 is 23.2 Å². The Morgan fingerprint density at radius 3 is 2.83 bits per heavy atom. The second kappa shape index (κ2) is 6.70. The predicted octanol–water partition coefficient (Wildman–Crippen LogP) is 1.15. The maximum atomic E-state index is 12.3. The fourth-order valence-electron chi connectivity index (χ4n) is 2.61. The Hall–Kier alpha value is -2.26. The van der Waals surface area contributed by atoms with Crippen LogP contribution in [0.15, 0.2) is 17.8 Å². The molecule has 0 spiro atoms. The molecule has 1 saturated heterocycles. The van der Waals surface area contributed by atoms with Gasteiger partial charge in [0.1, 0.15) is 10.7 Å². The summed E-state index contributed by atoms with van der Waals surface area (Å²) in [5.41, 5.74) is 0.162. The molecule has 0 aliphatic carbocycles. The first kappa shape index (κ1) is 16.6. The van der Waals surface area contributed by atoms with Crippen molar-refractivity contribution in [3.8, 4) is 10.6 Å². The summed E-state index contributed by atoms with van der Waals surface area (Å²) in [7, 11) is 1.81. The first-order valence-electron chi connectivity index (χ1n) is 7.54. The van der Waals surface area contributed by atoms with Crippen LogP contribution in [0.4, 0.5) is 0 Å². The zero-order valence-electron chi connectivity index (χ0n) is 13.2. The zero-order chi connectivity index (χ0) is 17.2. The summed E-state index contributed by atoms with van der Waals surface area (Å²) < 4.78 is 6.89. The summed E-state index contributed by atoms with van der Waals surface area (Å²) in [6.45, 7) is 0.859. The molecule has 2 aromatic heterocycles. The average Bonchev–Trinajstić information content (AvgIpc) is 3.22. The number of thiazole rings is 1. The van der Waals surface area contributed by atoms with Gasteiger partial charge in [-0.15, -0.1) is 11.3 Å². The van der Waals surface area contributed by atoms with Crippen LogP contribution in [0.3, 0.4) is 0 Å². The minimum atomic E-state index is -0.962. The predicted molar refractivity (Wildman–Crippen MR) is 86.8 cm³/mol. The third-order valence-electron chi connectivity index (χ3n) is 4.18. The van der Waals surface area contributed by atoms with E-state index in [1.807, 2.05) is 13.2 Å². The highest BCUT2D eigenvalue weighted by molar-refractivity contribution is 7.13. The number of hydrogen-bond acceptors (Lipinski definition) is 6. The molecule has 1 aliphatic heterocycles. The number of ether oxygens (including phenoxy) is 1. The van der Waals surface area contributed by atoms with Crippen LogP contribution in [-0.2, 0) is 16.6 Å². The van der Waals surface area contributed by atoms with E-state index < -0.39 is 11.4 Å². The van der Waals surface area contributed by atoms with Crippen LogP contribution in [0.2, 0.25) is 0 Å². The van der Waals surface area contributed by atoms with E-state index in [4.69, 9.17) is 4.74 Å². The molecule has 0 bridgehead atoms. The van der Waals surface area contributed by atoms with Crippen molar-refractivity contribution in [3.63, 3.8) is 0 Å². The number of carbonyl (C=O) groups is 2. The molecule has 3 heterocycles. The molecule has 0 atom stereocenters. The van der Waals surface area contributed by atoms with Gasteiger partial charge in [0.2, 0.25) is 0 Å². The quantitative estimate of drug-likeness (QED) is 0.838. The van der Waals surface area contributed by atoms with Crippen LogP contribution in [0.25, 0.3) is 10.6 Å². The summed E-state index contributed by atoms with van der Waals surface area (Å²) in [6, 6.07) is 0. The van der Waals surface area contributed by atoms with E-state index >= 15 is 0 Å². The van der Waals surface area contributed by atoms with E-state index in [1.54, 1.807) is 16.3 Å². The molecule has 0 unspecified atom stereocenters. The number of rotatable bonds is 5. The highest BCUT2D eigenvalue weighted by Crippen LogP contribution is 2.30. The molecule has 2 aromatic rings. The fourth-order valence-corrected chi connectivity index (χ4v) is 3.39. The Balaban J connectivity index is 1.67. The Morgan fingerprint density at radius 1 is 1.46 bits per heavy atom. The topological polar surface area (TPSA) is 106 Å².